The fraction of sp³-hybridized carbons (Fsp3) is 0.387. The molecule has 4 N–H and O–H groups in total. The van der Waals surface area contributed by atoms with Crippen LogP contribution >= 0.6 is 11.6 Å². The molecule has 1 atom stereocenters. The summed E-state index contributed by atoms with van der Waals surface area (Å²) in [4.78, 5) is 28.6. The summed E-state index contributed by atoms with van der Waals surface area (Å²) in [5.74, 6) is -2.13. The van der Waals surface area contributed by atoms with E-state index in [1.165, 1.54) is 43.5 Å². The summed E-state index contributed by atoms with van der Waals surface area (Å²) in [7, 11) is 1.30. The van der Waals surface area contributed by atoms with Gasteiger partial charge in [-0.15, -0.1) is 0 Å². The van der Waals surface area contributed by atoms with Gasteiger partial charge in [0.05, 0.1) is 36.0 Å². The van der Waals surface area contributed by atoms with E-state index in [-0.39, 0.29) is 58.0 Å². The summed E-state index contributed by atoms with van der Waals surface area (Å²) in [6.07, 6.45) is -5.31. The summed E-state index contributed by atoms with van der Waals surface area (Å²) in [6.45, 7) is 5.08. The van der Waals surface area contributed by atoms with E-state index >= 15 is 0 Å². The fourth-order valence-corrected chi connectivity index (χ4v) is 4.13. The van der Waals surface area contributed by atoms with Crippen LogP contribution in [0, 0.1) is 11.7 Å². The molecule has 9 nitrogen and oxygen atoms in total. The first-order valence-electron chi connectivity index (χ1n) is 13.7. The third-order valence-corrected chi connectivity index (χ3v) is 6.95. The molecule has 3 aromatic rings. The molecule has 14 heteroatoms. The number of hydrogen-bond acceptors (Lipinski definition) is 8. The molecule has 2 aromatic carbocycles. The van der Waals surface area contributed by atoms with E-state index in [0.29, 0.717) is 0 Å². The minimum absolute atomic E-state index is 0.0171. The Morgan fingerprint density at radius 1 is 1.04 bits per heavy atom. The van der Waals surface area contributed by atoms with Crippen LogP contribution in [0.3, 0.4) is 0 Å². The van der Waals surface area contributed by atoms with Crippen molar-refractivity contribution in [1.29, 1.82) is 0 Å². The Morgan fingerprint density at radius 2 is 1.73 bits per heavy atom. The largest absolute Gasteiger partial charge is 0.493 e. The van der Waals surface area contributed by atoms with Crippen LogP contribution in [0.1, 0.15) is 49.3 Å². The summed E-state index contributed by atoms with van der Waals surface area (Å²) in [5.41, 5.74) is 0.700. The first-order chi connectivity index (χ1) is 20.9. The van der Waals surface area contributed by atoms with Gasteiger partial charge >= 0.3 is 12.1 Å². The lowest BCUT2D eigenvalue weighted by atomic mass is 9.89. The number of hydrogen-bond donors (Lipinski definition) is 3. The average Bonchev–Trinajstić information content (AvgIpc) is 2.97. The predicted octanol–water partition coefficient (Wildman–Crippen LogP) is 5.50. The van der Waals surface area contributed by atoms with Crippen molar-refractivity contribution in [3.05, 3.63) is 76.2 Å². The maximum absolute atomic E-state index is 14.5. The Morgan fingerprint density at radius 3 is 2.31 bits per heavy atom. The third kappa shape index (κ3) is 8.62. The van der Waals surface area contributed by atoms with Crippen LogP contribution in [-0.4, -0.2) is 55.0 Å². The molecule has 45 heavy (non-hydrogen) atoms. The van der Waals surface area contributed by atoms with Crippen molar-refractivity contribution >= 4 is 23.5 Å². The number of aliphatic hydroxyl groups is 1. The number of esters is 1. The molecule has 0 radical (unpaired) electrons. The first-order valence-corrected chi connectivity index (χ1v) is 14.1. The van der Waals surface area contributed by atoms with Crippen LogP contribution in [0.15, 0.2) is 48.5 Å². The number of carbonyl (C=O) groups excluding carboxylic acids is 2. The highest BCUT2D eigenvalue weighted by Gasteiger charge is 2.56. The average molecular weight is 656 g/mol. The standard InChI is InChI=1S/C31H34ClF4N3O6/c1-17(2)28(41)45-11-10-44-24-9-7-19(13-25(24)43-5)27(40)38-16-30(42,31(34,35)36)26-15-20(29(3,4)37)14-23(39-26)18-6-8-22(33)21(32)12-18/h6-9,12-15,17,42H,10-11,16,37H2,1-5H3,(H,38,40). The number of nitrogens with zero attached hydrogens (tertiary/aromatic N) is 1. The van der Waals surface area contributed by atoms with Crippen LogP contribution in [0.25, 0.3) is 11.3 Å². The normalized spacial score (nSPS) is 13.3. The molecule has 0 aliphatic rings. The maximum Gasteiger partial charge on any atom is 0.424 e. The molecule has 0 fully saturated rings. The quantitative estimate of drug-likeness (QED) is 0.132. The molecule has 0 bridgehead atoms. The van der Waals surface area contributed by atoms with Gasteiger partial charge in [0, 0.05) is 16.7 Å². The lowest BCUT2D eigenvalue weighted by Gasteiger charge is -2.32. The lowest BCUT2D eigenvalue weighted by molar-refractivity contribution is -0.265. The van der Waals surface area contributed by atoms with E-state index in [4.69, 9.17) is 31.5 Å². The Bertz CT molecular complexity index is 1540. The number of rotatable bonds is 12. The topological polar surface area (TPSA) is 133 Å². The van der Waals surface area contributed by atoms with Crippen molar-refractivity contribution in [1.82, 2.24) is 10.3 Å². The molecule has 1 unspecified atom stereocenters. The monoisotopic (exact) mass is 655 g/mol. The van der Waals surface area contributed by atoms with E-state index in [9.17, 15) is 32.3 Å². The molecule has 0 aliphatic heterocycles. The number of ether oxygens (including phenoxy) is 3. The van der Waals surface area contributed by atoms with Crippen LogP contribution < -0.4 is 20.5 Å². The summed E-state index contributed by atoms with van der Waals surface area (Å²) in [6, 6.07) is 9.78. The van der Waals surface area contributed by atoms with E-state index in [2.05, 4.69) is 10.3 Å². The van der Waals surface area contributed by atoms with Crippen molar-refractivity contribution in [2.75, 3.05) is 26.9 Å². The zero-order valence-corrected chi connectivity index (χ0v) is 26.0. The number of methoxy groups -OCH3 is 1. The zero-order valence-electron chi connectivity index (χ0n) is 25.2. The van der Waals surface area contributed by atoms with Gasteiger partial charge in [0.15, 0.2) is 11.5 Å². The second-order valence-electron chi connectivity index (χ2n) is 11.1. The van der Waals surface area contributed by atoms with E-state index < -0.39 is 47.2 Å². The highest BCUT2D eigenvalue weighted by Crippen LogP contribution is 2.40. The molecule has 0 saturated carbocycles. The molecule has 3 rings (SSSR count). The molecule has 0 saturated heterocycles. The number of benzene rings is 2. The predicted molar refractivity (Wildman–Crippen MR) is 158 cm³/mol. The van der Waals surface area contributed by atoms with Crippen molar-refractivity contribution in [2.24, 2.45) is 11.7 Å². The smallest absolute Gasteiger partial charge is 0.424 e. The van der Waals surface area contributed by atoms with Gasteiger partial charge in [0.2, 0.25) is 5.60 Å². The molecule has 244 valence electrons. The maximum atomic E-state index is 14.5. The Labute approximate surface area is 262 Å². The van der Waals surface area contributed by atoms with Gasteiger partial charge in [-0.25, -0.2) is 9.37 Å². The molecule has 1 aromatic heterocycles. The fourth-order valence-electron chi connectivity index (χ4n) is 3.95. The van der Waals surface area contributed by atoms with Crippen LogP contribution in [0.5, 0.6) is 11.5 Å². The number of carbonyl (C=O) groups is 2. The second kappa shape index (κ2) is 14.0. The summed E-state index contributed by atoms with van der Waals surface area (Å²) < 4.78 is 73.2. The van der Waals surface area contributed by atoms with Gasteiger partial charge < -0.3 is 30.4 Å². The van der Waals surface area contributed by atoms with E-state index in [1.54, 1.807) is 27.7 Å². The molecular weight excluding hydrogens is 622 g/mol. The molecular formula is C31H34ClF4N3O6. The number of alkyl halides is 3. The molecule has 1 amide bonds. The van der Waals surface area contributed by atoms with Gasteiger partial charge in [0.25, 0.3) is 5.91 Å². The van der Waals surface area contributed by atoms with Gasteiger partial charge in [-0.3, -0.25) is 9.59 Å². The van der Waals surface area contributed by atoms with E-state index in [0.717, 1.165) is 12.1 Å². The van der Waals surface area contributed by atoms with Crippen LogP contribution in [0.4, 0.5) is 17.6 Å². The van der Waals surface area contributed by atoms with Gasteiger partial charge in [-0.2, -0.15) is 13.2 Å². The van der Waals surface area contributed by atoms with Crippen molar-refractivity contribution in [2.45, 2.75) is 45.0 Å². The Balaban J connectivity index is 1.89. The first kappa shape index (κ1) is 35.5. The van der Waals surface area contributed by atoms with Crippen LogP contribution in [-0.2, 0) is 20.7 Å². The van der Waals surface area contributed by atoms with Gasteiger partial charge in [-0.1, -0.05) is 25.4 Å². The molecule has 0 aliphatic carbocycles. The Hall–Kier alpha value is -3.94. The number of pyridine rings is 1. The van der Waals surface area contributed by atoms with Gasteiger partial charge in [-0.05, 0) is 67.9 Å². The zero-order chi connectivity index (χ0) is 33.7. The SMILES string of the molecule is COc1cc(C(=O)NCC(O)(c2cc(C(C)(C)N)cc(-c3ccc(F)c(Cl)c3)n2)C(F)(F)F)ccc1OCCOC(=O)C(C)C. The van der Waals surface area contributed by atoms with Crippen molar-refractivity contribution < 1.29 is 46.5 Å². The second-order valence-corrected chi connectivity index (χ2v) is 11.5. The highest BCUT2D eigenvalue weighted by atomic mass is 35.5. The number of amides is 1. The number of aromatic nitrogens is 1. The Kier molecular flexibility index (Phi) is 11.1. The van der Waals surface area contributed by atoms with Crippen LogP contribution in [0.2, 0.25) is 5.02 Å². The molecule has 0 spiro atoms. The number of nitrogens with two attached hydrogens (primary N) is 1. The number of nitrogens with one attached hydrogen (secondary N) is 1. The summed E-state index contributed by atoms with van der Waals surface area (Å²) in [5, 5.41) is 12.9. The van der Waals surface area contributed by atoms with Gasteiger partial charge in [0.1, 0.15) is 19.0 Å². The third-order valence-electron chi connectivity index (χ3n) is 6.66. The summed E-state index contributed by atoms with van der Waals surface area (Å²) >= 11 is 5.88. The highest BCUT2D eigenvalue weighted by molar-refractivity contribution is 6.31. The molecule has 1 heterocycles. The van der Waals surface area contributed by atoms with Crippen molar-refractivity contribution in [3.63, 3.8) is 0 Å². The minimum atomic E-state index is -5.31. The van der Waals surface area contributed by atoms with Crippen molar-refractivity contribution in [3.8, 4) is 22.8 Å². The number of halogens is 5. The lowest BCUT2D eigenvalue weighted by Crippen LogP contribution is -2.51. The minimum Gasteiger partial charge on any atom is -0.493 e. The van der Waals surface area contributed by atoms with E-state index in [1.807, 2.05) is 0 Å².